The van der Waals surface area contributed by atoms with Crippen LogP contribution in [-0.2, 0) is 0 Å². The van der Waals surface area contributed by atoms with Gasteiger partial charge in [0.15, 0.2) is 0 Å². The zero-order valence-corrected chi connectivity index (χ0v) is 21.6. The first-order chi connectivity index (χ1) is 13.7. The zero-order valence-electron chi connectivity index (χ0n) is 21.6. The van der Waals surface area contributed by atoms with E-state index in [1.165, 1.54) is 71.9 Å². The van der Waals surface area contributed by atoms with E-state index < -0.39 is 0 Å². The summed E-state index contributed by atoms with van der Waals surface area (Å²) in [5, 5.41) is 0. The Morgan fingerprint density at radius 3 is 1.28 bits per heavy atom. The molecule has 0 atom stereocenters. The number of nitrogens with zero attached hydrogens (tertiary/aromatic N) is 5. The number of rotatable bonds is 19. The van der Waals surface area contributed by atoms with E-state index in [0.29, 0.717) is 0 Å². The molecule has 0 rings (SSSR count). The number of likely N-dealkylation sites (N-methyl/N-ethyl adjacent to an activating group) is 3. The van der Waals surface area contributed by atoms with Crippen LogP contribution in [0.2, 0.25) is 0 Å². The molecule has 0 aromatic rings. The van der Waals surface area contributed by atoms with Gasteiger partial charge in [-0.05, 0) is 65.6 Å². The normalized spacial score (nSPS) is 12.8. The summed E-state index contributed by atoms with van der Waals surface area (Å²) >= 11 is 0. The highest BCUT2D eigenvalue weighted by atomic mass is 15.2. The molecule has 5 nitrogen and oxygen atoms in total. The van der Waals surface area contributed by atoms with Crippen LogP contribution in [0.1, 0.15) is 48.0 Å². The number of hydrogen-bond donors (Lipinski definition) is 0. The van der Waals surface area contributed by atoms with Gasteiger partial charge in [-0.1, -0.05) is 41.5 Å². The summed E-state index contributed by atoms with van der Waals surface area (Å²) in [6, 6.07) is 0. The third-order valence-corrected chi connectivity index (χ3v) is 5.66. The summed E-state index contributed by atoms with van der Waals surface area (Å²) in [6.45, 7) is 27.9. The fraction of sp³-hybridized carbons (Fsp3) is 1.00. The van der Waals surface area contributed by atoms with E-state index in [2.05, 4.69) is 87.2 Å². The lowest BCUT2D eigenvalue weighted by molar-refractivity contribution is 0.169. The monoisotopic (exact) mass is 413 g/mol. The lowest BCUT2D eigenvalue weighted by atomic mass is 10.2. The largest absolute Gasteiger partial charge is 0.305 e. The molecule has 0 unspecified atom stereocenters. The van der Waals surface area contributed by atoms with Gasteiger partial charge in [0.25, 0.3) is 0 Å². The Morgan fingerprint density at radius 2 is 0.897 bits per heavy atom. The predicted octanol–water partition coefficient (Wildman–Crippen LogP) is 3.13. The average Bonchev–Trinajstić information content (AvgIpc) is 2.63. The Balaban J connectivity index is 4.39. The van der Waals surface area contributed by atoms with Gasteiger partial charge in [0.1, 0.15) is 0 Å². The summed E-state index contributed by atoms with van der Waals surface area (Å²) in [6.07, 6.45) is 1.27. The lowest BCUT2D eigenvalue weighted by Gasteiger charge is -2.30. The highest BCUT2D eigenvalue weighted by Crippen LogP contribution is 2.01. The minimum absolute atomic E-state index is 0.738. The van der Waals surface area contributed by atoms with Crippen molar-refractivity contribution in [2.75, 3.05) is 99.7 Å². The van der Waals surface area contributed by atoms with Crippen molar-refractivity contribution in [3.63, 3.8) is 0 Å². The third-order valence-electron chi connectivity index (χ3n) is 5.66. The van der Waals surface area contributed by atoms with E-state index in [1.54, 1.807) is 0 Å². The first-order valence-corrected chi connectivity index (χ1v) is 12.2. The van der Waals surface area contributed by atoms with E-state index >= 15 is 0 Å². The SMILES string of the molecule is CCN(CC)CCCN(C)CCN(CCN(C)CC(C)C)CCN(C)CC(C)C. The predicted molar refractivity (Wildman–Crippen MR) is 131 cm³/mol. The van der Waals surface area contributed by atoms with Crippen LogP contribution in [0.15, 0.2) is 0 Å². The first kappa shape index (κ1) is 28.8. The molecule has 29 heavy (non-hydrogen) atoms. The molecule has 0 spiro atoms. The van der Waals surface area contributed by atoms with Gasteiger partial charge >= 0.3 is 0 Å². The van der Waals surface area contributed by atoms with Gasteiger partial charge in [0.05, 0.1) is 0 Å². The molecule has 0 aromatic carbocycles. The summed E-state index contributed by atoms with van der Waals surface area (Å²) in [5.74, 6) is 1.48. The molecule has 176 valence electrons. The molecule has 0 aliphatic carbocycles. The Morgan fingerprint density at radius 1 is 0.483 bits per heavy atom. The van der Waals surface area contributed by atoms with Crippen LogP contribution in [0, 0.1) is 11.8 Å². The maximum absolute atomic E-state index is 2.68. The van der Waals surface area contributed by atoms with E-state index in [0.717, 1.165) is 24.9 Å². The Bertz CT molecular complexity index is 337. The standard InChI is InChI=1S/C24H55N5/c1-10-28(11-2)14-12-13-25(7)15-18-29(19-16-26(8)21-23(3)4)20-17-27(9)22-24(5)6/h23-24H,10-22H2,1-9H3. The summed E-state index contributed by atoms with van der Waals surface area (Å²) < 4.78 is 0. The maximum Gasteiger partial charge on any atom is 0.0110 e. The number of hydrogen-bond acceptors (Lipinski definition) is 5. The van der Waals surface area contributed by atoms with Gasteiger partial charge in [-0.25, -0.2) is 0 Å². The van der Waals surface area contributed by atoms with E-state index in [4.69, 9.17) is 0 Å². The fourth-order valence-electron chi connectivity index (χ4n) is 3.92. The zero-order chi connectivity index (χ0) is 22.2. The van der Waals surface area contributed by atoms with Crippen molar-refractivity contribution in [3.05, 3.63) is 0 Å². The van der Waals surface area contributed by atoms with E-state index in [9.17, 15) is 0 Å². The van der Waals surface area contributed by atoms with Gasteiger partial charge in [0.2, 0.25) is 0 Å². The van der Waals surface area contributed by atoms with Crippen molar-refractivity contribution < 1.29 is 0 Å². The second kappa shape index (κ2) is 17.5. The van der Waals surface area contributed by atoms with E-state index in [1.807, 2.05) is 0 Å². The van der Waals surface area contributed by atoms with Crippen LogP contribution in [0.3, 0.4) is 0 Å². The Labute approximate surface area is 184 Å². The highest BCUT2D eigenvalue weighted by Gasteiger charge is 2.11. The summed E-state index contributed by atoms with van der Waals surface area (Å²) in [5.41, 5.74) is 0. The molecule has 0 aromatic heterocycles. The van der Waals surface area contributed by atoms with Gasteiger partial charge < -0.3 is 19.6 Å². The van der Waals surface area contributed by atoms with Crippen molar-refractivity contribution in [3.8, 4) is 0 Å². The minimum Gasteiger partial charge on any atom is -0.305 e. The van der Waals surface area contributed by atoms with Crippen molar-refractivity contribution >= 4 is 0 Å². The molecule has 0 N–H and O–H groups in total. The molecular formula is C24H55N5. The third kappa shape index (κ3) is 17.2. The fourth-order valence-corrected chi connectivity index (χ4v) is 3.92. The van der Waals surface area contributed by atoms with Crippen molar-refractivity contribution in [1.29, 1.82) is 0 Å². The maximum atomic E-state index is 2.68. The second-order valence-corrected chi connectivity index (χ2v) is 9.84. The van der Waals surface area contributed by atoms with Gasteiger partial charge in [-0.15, -0.1) is 0 Å². The second-order valence-electron chi connectivity index (χ2n) is 9.84. The molecule has 0 bridgehead atoms. The average molecular weight is 414 g/mol. The lowest BCUT2D eigenvalue weighted by Crippen LogP contribution is -2.42. The van der Waals surface area contributed by atoms with E-state index in [-0.39, 0.29) is 0 Å². The molecule has 5 heteroatoms. The molecule has 0 aliphatic rings. The molecule has 0 aliphatic heterocycles. The van der Waals surface area contributed by atoms with Crippen molar-refractivity contribution in [2.45, 2.75) is 48.0 Å². The first-order valence-electron chi connectivity index (χ1n) is 12.2. The molecule has 0 saturated carbocycles. The minimum atomic E-state index is 0.738. The topological polar surface area (TPSA) is 16.2 Å². The van der Waals surface area contributed by atoms with Crippen LogP contribution in [-0.4, -0.2) is 124 Å². The van der Waals surface area contributed by atoms with Crippen LogP contribution < -0.4 is 0 Å². The van der Waals surface area contributed by atoms with Crippen LogP contribution in [0.4, 0.5) is 0 Å². The van der Waals surface area contributed by atoms with Gasteiger partial charge in [0, 0.05) is 52.4 Å². The Kier molecular flexibility index (Phi) is 17.4. The molecule has 0 saturated heterocycles. The van der Waals surface area contributed by atoms with Crippen molar-refractivity contribution in [2.24, 2.45) is 11.8 Å². The van der Waals surface area contributed by atoms with Gasteiger partial charge in [-0.3, -0.25) is 4.90 Å². The van der Waals surface area contributed by atoms with Crippen LogP contribution >= 0.6 is 0 Å². The molecular weight excluding hydrogens is 358 g/mol. The summed E-state index contributed by atoms with van der Waals surface area (Å²) in [4.78, 5) is 12.7. The van der Waals surface area contributed by atoms with Crippen molar-refractivity contribution in [1.82, 2.24) is 24.5 Å². The molecule has 0 heterocycles. The Hall–Kier alpha value is -0.200. The highest BCUT2D eigenvalue weighted by molar-refractivity contribution is 4.67. The van der Waals surface area contributed by atoms with Crippen LogP contribution in [0.25, 0.3) is 0 Å². The smallest absolute Gasteiger partial charge is 0.0110 e. The molecule has 0 amide bonds. The molecule has 0 radical (unpaired) electrons. The quantitative estimate of drug-likeness (QED) is 0.322. The summed E-state index contributed by atoms with van der Waals surface area (Å²) in [7, 11) is 6.82. The molecule has 0 fully saturated rings. The van der Waals surface area contributed by atoms with Crippen LogP contribution in [0.5, 0.6) is 0 Å². The van der Waals surface area contributed by atoms with Gasteiger partial charge in [-0.2, -0.15) is 0 Å².